The van der Waals surface area contributed by atoms with Gasteiger partial charge in [-0.1, -0.05) is 15.9 Å². The maximum atomic E-state index is 12.2. The zero-order valence-electron chi connectivity index (χ0n) is 15.2. The smallest absolute Gasteiger partial charge is 0.279 e. The molecular weight excluding hydrogens is 416 g/mol. The van der Waals surface area contributed by atoms with Crippen molar-refractivity contribution in [2.75, 3.05) is 13.7 Å². The average molecular weight is 437 g/mol. The molecule has 1 unspecified atom stereocenters. The minimum Gasteiger partial charge on any atom is -0.493 e. The molecule has 0 aliphatic carbocycles. The number of carbonyl (C=O) groups excluding carboxylic acids is 2. The van der Waals surface area contributed by atoms with E-state index in [1.807, 2.05) is 6.92 Å². The van der Waals surface area contributed by atoms with Crippen LogP contribution in [0, 0.1) is 0 Å². The van der Waals surface area contributed by atoms with Crippen LogP contribution in [-0.4, -0.2) is 31.6 Å². The minimum atomic E-state index is -0.790. The summed E-state index contributed by atoms with van der Waals surface area (Å²) in [4.78, 5) is 24.3. The molecule has 27 heavy (non-hydrogen) atoms. The van der Waals surface area contributed by atoms with Crippen molar-refractivity contribution in [2.24, 2.45) is 0 Å². The van der Waals surface area contributed by atoms with E-state index >= 15 is 0 Å². The second-order valence-corrected chi connectivity index (χ2v) is 6.37. The summed E-state index contributed by atoms with van der Waals surface area (Å²) in [5, 5.41) is 0. The number of halogens is 1. The average Bonchev–Trinajstić information content (AvgIpc) is 2.68. The van der Waals surface area contributed by atoms with Gasteiger partial charge >= 0.3 is 0 Å². The molecule has 0 spiro atoms. The Kier molecular flexibility index (Phi) is 7.48. The molecule has 0 radical (unpaired) electrons. The molecule has 2 amide bonds. The number of amides is 2. The molecule has 0 saturated heterocycles. The molecule has 2 aromatic rings. The fraction of sp³-hybridized carbons (Fsp3) is 0.263. The molecule has 0 saturated carbocycles. The second-order valence-electron chi connectivity index (χ2n) is 5.46. The molecule has 2 rings (SSSR count). The normalized spacial score (nSPS) is 11.3. The molecule has 2 N–H and O–H groups in total. The monoisotopic (exact) mass is 436 g/mol. The highest BCUT2D eigenvalue weighted by molar-refractivity contribution is 9.10. The molecule has 0 bridgehead atoms. The van der Waals surface area contributed by atoms with Crippen LogP contribution < -0.4 is 25.1 Å². The summed E-state index contributed by atoms with van der Waals surface area (Å²) in [5.74, 6) is 0.549. The summed E-state index contributed by atoms with van der Waals surface area (Å²) in [6, 6.07) is 11.8. The van der Waals surface area contributed by atoms with Crippen LogP contribution in [0.1, 0.15) is 24.2 Å². The topological polar surface area (TPSA) is 85.9 Å². The van der Waals surface area contributed by atoms with Gasteiger partial charge in [-0.25, -0.2) is 0 Å². The fourth-order valence-electron chi connectivity index (χ4n) is 2.15. The van der Waals surface area contributed by atoms with E-state index in [0.717, 1.165) is 4.47 Å². The van der Waals surface area contributed by atoms with Crippen molar-refractivity contribution in [3.05, 3.63) is 52.5 Å². The Hall–Kier alpha value is -2.74. The quantitative estimate of drug-likeness (QED) is 0.651. The van der Waals surface area contributed by atoms with Gasteiger partial charge in [-0.3, -0.25) is 20.4 Å². The number of rotatable bonds is 7. The lowest BCUT2D eigenvalue weighted by Crippen LogP contribution is -2.47. The Bertz CT molecular complexity index is 795. The Morgan fingerprint density at radius 1 is 1.07 bits per heavy atom. The molecule has 8 heteroatoms. The van der Waals surface area contributed by atoms with Crippen molar-refractivity contribution in [1.29, 1.82) is 0 Å². The third-order valence-corrected chi connectivity index (χ3v) is 4.05. The number of nitrogens with one attached hydrogen (secondary N) is 2. The SMILES string of the molecule is CCOc1ccc(C(=O)NNC(=O)C(C)Oc2ccc(Br)cc2)cc1OC. The third kappa shape index (κ3) is 5.89. The summed E-state index contributed by atoms with van der Waals surface area (Å²) in [6.45, 7) is 3.92. The van der Waals surface area contributed by atoms with Gasteiger partial charge in [-0.2, -0.15) is 0 Å². The largest absolute Gasteiger partial charge is 0.493 e. The van der Waals surface area contributed by atoms with Gasteiger partial charge in [-0.15, -0.1) is 0 Å². The Morgan fingerprint density at radius 3 is 2.41 bits per heavy atom. The highest BCUT2D eigenvalue weighted by atomic mass is 79.9. The van der Waals surface area contributed by atoms with Crippen LogP contribution in [0.2, 0.25) is 0 Å². The first-order chi connectivity index (χ1) is 12.9. The van der Waals surface area contributed by atoms with E-state index in [1.54, 1.807) is 43.3 Å². The third-order valence-electron chi connectivity index (χ3n) is 3.52. The Balaban J connectivity index is 1.92. The first-order valence-electron chi connectivity index (χ1n) is 8.27. The molecule has 1 atom stereocenters. The van der Waals surface area contributed by atoms with Gasteiger partial charge in [0.15, 0.2) is 17.6 Å². The fourth-order valence-corrected chi connectivity index (χ4v) is 2.41. The molecule has 7 nitrogen and oxygen atoms in total. The molecule has 2 aromatic carbocycles. The lowest BCUT2D eigenvalue weighted by molar-refractivity contribution is -0.128. The van der Waals surface area contributed by atoms with Crippen LogP contribution in [0.4, 0.5) is 0 Å². The van der Waals surface area contributed by atoms with Crippen molar-refractivity contribution >= 4 is 27.7 Å². The van der Waals surface area contributed by atoms with Crippen LogP contribution in [0.25, 0.3) is 0 Å². The first-order valence-corrected chi connectivity index (χ1v) is 9.07. The minimum absolute atomic E-state index is 0.317. The number of ether oxygens (including phenoxy) is 3. The number of hydrazine groups is 1. The second kappa shape index (κ2) is 9.82. The van der Waals surface area contributed by atoms with Crippen molar-refractivity contribution in [3.63, 3.8) is 0 Å². The summed E-state index contributed by atoms with van der Waals surface area (Å²) in [6.07, 6.45) is -0.790. The summed E-state index contributed by atoms with van der Waals surface area (Å²) in [7, 11) is 1.49. The van der Waals surface area contributed by atoms with Crippen LogP contribution in [0.15, 0.2) is 46.9 Å². The molecule has 0 aliphatic heterocycles. The zero-order valence-corrected chi connectivity index (χ0v) is 16.8. The lowest BCUT2D eigenvalue weighted by Gasteiger charge is -2.15. The van der Waals surface area contributed by atoms with Gasteiger partial charge in [0.25, 0.3) is 11.8 Å². The van der Waals surface area contributed by atoms with Gasteiger partial charge in [0.1, 0.15) is 5.75 Å². The summed E-state index contributed by atoms with van der Waals surface area (Å²) < 4.78 is 17.1. The highest BCUT2D eigenvalue weighted by Crippen LogP contribution is 2.27. The Labute approximate surface area is 166 Å². The van der Waals surface area contributed by atoms with E-state index in [2.05, 4.69) is 26.8 Å². The van der Waals surface area contributed by atoms with E-state index in [1.165, 1.54) is 13.2 Å². The van der Waals surface area contributed by atoms with Gasteiger partial charge < -0.3 is 14.2 Å². The van der Waals surface area contributed by atoms with E-state index in [9.17, 15) is 9.59 Å². The van der Waals surface area contributed by atoms with Crippen LogP contribution >= 0.6 is 15.9 Å². The molecular formula is C19H21BrN2O5. The van der Waals surface area contributed by atoms with E-state index in [0.29, 0.717) is 29.4 Å². The predicted octanol–water partition coefficient (Wildman–Crippen LogP) is 3.08. The molecule has 0 heterocycles. The van der Waals surface area contributed by atoms with E-state index in [-0.39, 0.29) is 0 Å². The van der Waals surface area contributed by atoms with Crippen LogP contribution in [0.5, 0.6) is 17.2 Å². The van der Waals surface area contributed by atoms with Crippen molar-refractivity contribution < 1.29 is 23.8 Å². The first kappa shape index (κ1) is 20.6. The maximum Gasteiger partial charge on any atom is 0.279 e. The zero-order chi connectivity index (χ0) is 19.8. The molecule has 0 fully saturated rings. The molecule has 144 valence electrons. The summed E-state index contributed by atoms with van der Waals surface area (Å²) in [5.41, 5.74) is 5.02. The van der Waals surface area contributed by atoms with Gasteiger partial charge in [0, 0.05) is 10.0 Å². The molecule has 0 aliphatic rings. The van der Waals surface area contributed by atoms with Crippen molar-refractivity contribution in [1.82, 2.24) is 10.9 Å². The van der Waals surface area contributed by atoms with Gasteiger partial charge in [0.2, 0.25) is 0 Å². The van der Waals surface area contributed by atoms with Crippen molar-refractivity contribution in [2.45, 2.75) is 20.0 Å². The van der Waals surface area contributed by atoms with Crippen LogP contribution in [0.3, 0.4) is 0 Å². The lowest BCUT2D eigenvalue weighted by atomic mass is 10.2. The summed E-state index contributed by atoms with van der Waals surface area (Å²) >= 11 is 3.33. The highest BCUT2D eigenvalue weighted by Gasteiger charge is 2.17. The van der Waals surface area contributed by atoms with E-state index < -0.39 is 17.9 Å². The number of hydrogen-bond donors (Lipinski definition) is 2. The maximum absolute atomic E-state index is 12.2. The number of methoxy groups -OCH3 is 1. The Morgan fingerprint density at radius 2 is 1.78 bits per heavy atom. The van der Waals surface area contributed by atoms with Gasteiger partial charge in [0.05, 0.1) is 13.7 Å². The van der Waals surface area contributed by atoms with E-state index in [4.69, 9.17) is 14.2 Å². The number of carbonyl (C=O) groups is 2. The van der Waals surface area contributed by atoms with Gasteiger partial charge in [-0.05, 0) is 56.3 Å². The standard InChI is InChI=1S/C19H21BrN2O5/c1-4-26-16-10-5-13(11-17(16)25-3)19(24)22-21-18(23)12(2)27-15-8-6-14(20)7-9-15/h5-12H,4H2,1-3H3,(H,21,23)(H,22,24). The number of hydrogen-bond acceptors (Lipinski definition) is 5. The van der Waals surface area contributed by atoms with Crippen LogP contribution in [-0.2, 0) is 4.79 Å². The molecule has 0 aromatic heterocycles. The predicted molar refractivity (Wildman–Crippen MR) is 104 cm³/mol. The van der Waals surface area contributed by atoms with Crippen molar-refractivity contribution in [3.8, 4) is 17.2 Å². The number of benzene rings is 2.